The largest absolute Gasteiger partial charge is 0.339 e. The Hall–Kier alpha value is -3.25. The Kier molecular flexibility index (Phi) is 6.35. The molecule has 0 bridgehead atoms. The van der Waals surface area contributed by atoms with Crippen LogP contribution in [0.15, 0.2) is 71.4 Å². The zero-order chi connectivity index (χ0) is 20.8. The first kappa shape index (κ1) is 20.0. The molecule has 0 radical (unpaired) electrons. The van der Waals surface area contributed by atoms with Crippen molar-refractivity contribution in [3.8, 4) is 16.9 Å². The van der Waals surface area contributed by atoms with Gasteiger partial charge < -0.3 is 4.52 Å². The number of nitrogens with zero attached hydrogens (tertiary/aromatic N) is 5. The standard InChI is InChI=1S/C24H27N5O/c1-3-4-15-23-25-22(27-30-23)18-28(2)16-20-17-29(21-13-9-6-10-14-21)26-24(20)19-11-7-5-8-12-19/h5-14,17H,3-4,15-16,18H2,1-2H3. The maximum absolute atomic E-state index is 5.37. The number of hydrogen-bond acceptors (Lipinski definition) is 5. The molecule has 2 heterocycles. The van der Waals surface area contributed by atoms with E-state index in [1.54, 1.807) is 0 Å². The summed E-state index contributed by atoms with van der Waals surface area (Å²) in [7, 11) is 2.07. The predicted molar refractivity (Wildman–Crippen MR) is 117 cm³/mol. The lowest BCUT2D eigenvalue weighted by atomic mass is 10.1. The SMILES string of the molecule is CCCCc1nc(CN(C)Cc2cn(-c3ccccc3)nc2-c2ccccc2)no1. The molecule has 154 valence electrons. The molecule has 0 aliphatic heterocycles. The van der Waals surface area contributed by atoms with E-state index < -0.39 is 0 Å². The Morgan fingerprint density at radius 2 is 1.70 bits per heavy atom. The molecule has 0 unspecified atom stereocenters. The lowest BCUT2D eigenvalue weighted by Crippen LogP contribution is -2.18. The number of unbranched alkanes of at least 4 members (excludes halogenated alkanes) is 1. The number of benzene rings is 2. The van der Waals surface area contributed by atoms with Gasteiger partial charge in [0.15, 0.2) is 5.82 Å². The van der Waals surface area contributed by atoms with Crippen LogP contribution in [-0.4, -0.2) is 31.9 Å². The minimum absolute atomic E-state index is 0.625. The minimum Gasteiger partial charge on any atom is -0.339 e. The number of para-hydroxylation sites is 1. The van der Waals surface area contributed by atoms with Crippen LogP contribution in [0.5, 0.6) is 0 Å². The number of rotatable bonds is 9. The third kappa shape index (κ3) is 4.83. The molecule has 2 aromatic carbocycles. The highest BCUT2D eigenvalue weighted by molar-refractivity contribution is 5.63. The van der Waals surface area contributed by atoms with Crippen LogP contribution in [0.1, 0.15) is 37.0 Å². The normalized spacial score (nSPS) is 11.3. The number of aryl methyl sites for hydroxylation is 1. The van der Waals surface area contributed by atoms with Gasteiger partial charge in [0.05, 0.1) is 17.9 Å². The first-order valence-corrected chi connectivity index (χ1v) is 10.4. The van der Waals surface area contributed by atoms with Gasteiger partial charge in [0, 0.05) is 30.3 Å². The average molecular weight is 402 g/mol. The zero-order valence-corrected chi connectivity index (χ0v) is 17.5. The topological polar surface area (TPSA) is 60.0 Å². The fraction of sp³-hybridized carbons (Fsp3) is 0.292. The van der Waals surface area contributed by atoms with Gasteiger partial charge in [0.2, 0.25) is 5.89 Å². The van der Waals surface area contributed by atoms with E-state index in [4.69, 9.17) is 9.62 Å². The summed E-state index contributed by atoms with van der Waals surface area (Å²) in [6.45, 7) is 3.52. The maximum atomic E-state index is 5.37. The van der Waals surface area contributed by atoms with Crippen molar-refractivity contribution < 1.29 is 4.52 Å². The molecule has 6 nitrogen and oxygen atoms in total. The Bertz CT molecular complexity index is 1060. The van der Waals surface area contributed by atoms with Crippen LogP contribution in [0.3, 0.4) is 0 Å². The van der Waals surface area contributed by atoms with Crippen LogP contribution in [0.2, 0.25) is 0 Å². The molecular formula is C24H27N5O. The number of aromatic nitrogens is 4. The highest BCUT2D eigenvalue weighted by atomic mass is 16.5. The summed E-state index contributed by atoms with van der Waals surface area (Å²) in [5.74, 6) is 1.45. The summed E-state index contributed by atoms with van der Waals surface area (Å²) in [5, 5.41) is 9.02. The van der Waals surface area contributed by atoms with Crippen LogP contribution >= 0.6 is 0 Å². The van der Waals surface area contributed by atoms with Gasteiger partial charge in [-0.3, -0.25) is 4.90 Å². The molecule has 0 saturated heterocycles. The molecule has 4 aromatic rings. The van der Waals surface area contributed by atoms with Gasteiger partial charge in [-0.25, -0.2) is 4.68 Å². The minimum atomic E-state index is 0.625. The summed E-state index contributed by atoms with van der Waals surface area (Å²) in [5.41, 5.74) is 4.30. The van der Waals surface area contributed by atoms with E-state index in [-0.39, 0.29) is 0 Å². The molecule has 0 amide bonds. The number of hydrogen-bond donors (Lipinski definition) is 0. The molecule has 4 rings (SSSR count). The Morgan fingerprint density at radius 3 is 2.43 bits per heavy atom. The molecule has 0 atom stereocenters. The summed E-state index contributed by atoms with van der Waals surface area (Å²) in [4.78, 5) is 6.71. The van der Waals surface area contributed by atoms with Gasteiger partial charge in [-0.15, -0.1) is 0 Å². The quantitative estimate of drug-likeness (QED) is 0.399. The van der Waals surface area contributed by atoms with Crippen molar-refractivity contribution in [3.63, 3.8) is 0 Å². The van der Waals surface area contributed by atoms with Crippen LogP contribution in [0.25, 0.3) is 16.9 Å². The highest BCUT2D eigenvalue weighted by Gasteiger charge is 2.15. The third-order valence-electron chi connectivity index (χ3n) is 4.96. The molecule has 0 N–H and O–H groups in total. The molecule has 0 saturated carbocycles. The zero-order valence-electron chi connectivity index (χ0n) is 17.5. The van der Waals surface area contributed by atoms with Crippen molar-refractivity contribution >= 4 is 0 Å². The van der Waals surface area contributed by atoms with E-state index in [9.17, 15) is 0 Å². The Morgan fingerprint density at radius 1 is 0.967 bits per heavy atom. The fourth-order valence-electron chi connectivity index (χ4n) is 3.45. The molecular weight excluding hydrogens is 374 g/mol. The molecule has 0 spiro atoms. The van der Waals surface area contributed by atoms with E-state index in [1.807, 2.05) is 41.1 Å². The van der Waals surface area contributed by atoms with Crippen molar-refractivity contribution in [2.75, 3.05) is 7.05 Å². The molecule has 2 aromatic heterocycles. The van der Waals surface area contributed by atoms with Gasteiger partial charge >= 0.3 is 0 Å². The van der Waals surface area contributed by atoms with E-state index in [0.717, 1.165) is 60.0 Å². The van der Waals surface area contributed by atoms with Crippen molar-refractivity contribution in [2.24, 2.45) is 0 Å². The molecule has 0 fully saturated rings. The third-order valence-corrected chi connectivity index (χ3v) is 4.96. The Balaban J connectivity index is 1.55. The van der Waals surface area contributed by atoms with E-state index in [0.29, 0.717) is 6.54 Å². The van der Waals surface area contributed by atoms with Gasteiger partial charge in [-0.1, -0.05) is 67.0 Å². The average Bonchev–Trinajstić information content (AvgIpc) is 3.40. The Labute approximate surface area is 177 Å². The fourth-order valence-corrected chi connectivity index (χ4v) is 3.45. The van der Waals surface area contributed by atoms with Crippen LogP contribution in [-0.2, 0) is 19.5 Å². The molecule has 0 aliphatic rings. The van der Waals surface area contributed by atoms with Gasteiger partial charge in [-0.2, -0.15) is 10.1 Å². The lowest BCUT2D eigenvalue weighted by molar-refractivity contribution is 0.300. The highest BCUT2D eigenvalue weighted by Crippen LogP contribution is 2.25. The maximum Gasteiger partial charge on any atom is 0.226 e. The van der Waals surface area contributed by atoms with Crippen LogP contribution in [0, 0.1) is 0 Å². The van der Waals surface area contributed by atoms with Crippen molar-refractivity contribution in [3.05, 3.63) is 84.1 Å². The summed E-state index contributed by atoms with van der Waals surface area (Å²) < 4.78 is 7.32. The summed E-state index contributed by atoms with van der Waals surface area (Å²) in [6.07, 6.45) is 5.13. The van der Waals surface area contributed by atoms with Crippen molar-refractivity contribution in [2.45, 2.75) is 39.3 Å². The molecule has 6 heteroatoms. The van der Waals surface area contributed by atoms with E-state index in [2.05, 4.69) is 59.5 Å². The second-order valence-electron chi connectivity index (χ2n) is 7.53. The summed E-state index contributed by atoms with van der Waals surface area (Å²) >= 11 is 0. The second-order valence-corrected chi connectivity index (χ2v) is 7.53. The summed E-state index contributed by atoms with van der Waals surface area (Å²) in [6, 6.07) is 20.5. The van der Waals surface area contributed by atoms with Crippen molar-refractivity contribution in [1.29, 1.82) is 0 Å². The van der Waals surface area contributed by atoms with E-state index >= 15 is 0 Å². The smallest absolute Gasteiger partial charge is 0.226 e. The van der Waals surface area contributed by atoms with Crippen molar-refractivity contribution in [1.82, 2.24) is 24.8 Å². The first-order valence-electron chi connectivity index (χ1n) is 10.4. The van der Waals surface area contributed by atoms with Gasteiger partial charge in [0.25, 0.3) is 0 Å². The molecule has 0 aliphatic carbocycles. The van der Waals surface area contributed by atoms with E-state index in [1.165, 1.54) is 0 Å². The van der Waals surface area contributed by atoms with Gasteiger partial charge in [0.1, 0.15) is 0 Å². The van der Waals surface area contributed by atoms with Crippen LogP contribution in [0.4, 0.5) is 0 Å². The van der Waals surface area contributed by atoms with Crippen LogP contribution < -0.4 is 0 Å². The molecule has 30 heavy (non-hydrogen) atoms. The predicted octanol–water partition coefficient (Wildman–Crippen LogP) is 4.90. The lowest BCUT2D eigenvalue weighted by Gasteiger charge is -2.14. The van der Waals surface area contributed by atoms with Gasteiger partial charge in [-0.05, 0) is 25.6 Å². The first-order chi connectivity index (χ1) is 14.7. The monoisotopic (exact) mass is 401 g/mol. The second kappa shape index (κ2) is 9.50.